The van der Waals surface area contributed by atoms with Crippen molar-refractivity contribution in [2.75, 3.05) is 18.5 Å². The number of benzene rings is 2. The average Bonchev–Trinajstić information content (AvgIpc) is 2.93. The SMILES string of the molecule is O=C(Nc1cc2c(cc1Cl)OCCCO2)c1ccc2[nH]c3c(c2c1)CCCC3. The van der Waals surface area contributed by atoms with E-state index >= 15 is 0 Å². The number of halogens is 1. The number of carbonyl (C=O) groups excluding carboxylic acids is 1. The Morgan fingerprint density at radius 2 is 1.79 bits per heavy atom. The first kappa shape index (κ1) is 17.4. The third kappa shape index (κ3) is 3.10. The van der Waals surface area contributed by atoms with Crippen LogP contribution in [0.5, 0.6) is 11.5 Å². The third-order valence-electron chi connectivity index (χ3n) is 5.45. The van der Waals surface area contributed by atoms with Crippen LogP contribution >= 0.6 is 11.6 Å². The Kier molecular flexibility index (Phi) is 4.40. The van der Waals surface area contributed by atoms with Crippen LogP contribution in [0.3, 0.4) is 0 Å². The molecular formula is C22H21ClN2O3. The van der Waals surface area contributed by atoms with Crippen LogP contribution in [0.15, 0.2) is 30.3 Å². The highest BCUT2D eigenvalue weighted by Crippen LogP contribution is 2.38. The number of rotatable bonds is 2. The molecule has 0 saturated carbocycles. The van der Waals surface area contributed by atoms with Gasteiger partial charge in [0, 0.05) is 40.7 Å². The van der Waals surface area contributed by atoms with Crippen molar-refractivity contribution in [3.63, 3.8) is 0 Å². The zero-order valence-corrected chi connectivity index (χ0v) is 16.2. The molecule has 0 saturated heterocycles. The second kappa shape index (κ2) is 7.06. The number of aromatic amines is 1. The second-order valence-electron chi connectivity index (χ2n) is 7.33. The molecule has 2 N–H and O–H groups in total. The zero-order valence-electron chi connectivity index (χ0n) is 15.4. The number of ether oxygens (including phenoxy) is 2. The number of fused-ring (bicyclic) bond motifs is 4. The van der Waals surface area contributed by atoms with Gasteiger partial charge in [0.05, 0.1) is 23.9 Å². The van der Waals surface area contributed by atoms with E-state index in [0.29, 0.717) is 41.0 Å². The predicted molar refractivity (Wildman–Crippen MR) is 110 cm³/mol. The highest BCUT2D eigenvalue weighted by Gasteiger charge is 2.19. The van der Waals surface area contributed by atoms with E-state index in [1.165, 1.54) is 24.1 Å². The van der Waals surface area contributed by atoms with Crippen LogP contribution in [0.2, 0.25) is 5.02 Å². The number of carbonyl (C=O) groups is 1. The van der Waals surface area contributed by atoms with Gasteiger partial charge in [-0.15, -0.1) is 0 Å². The Labute approximate surface area is 168 Å². The van der Waals surface area contributed by atoms with E-state index in [1.807, 2.05) is 18.2 Å². The Morgan fingerprint density at radius 3 is 2.64 bits per heavy atom. The Balaban J connectivity index is 1.45. The normalized spacial score (nSPS) is 15.8. The fourth-order valence-corrected chi connectivity index (χ4v) is 4.22. The van der Waals surface area contributed by atoms with Crippen LogP contribution in [-0.4, -0.2) is 24.1 Å². The molecule has 144 valence electrons. The fourth-order valence-electron chi connectivity index (χ4n) is 4.02. The summed E-state index contributed by atoms with van der Waals surface area (Å²) in [7, 11) is 0. The van der Waals surface area contributed by atoms with Gasteiger partial charge in [-0.2, -0.15) is 0 Å². The molecule has 6 heteroatoms. The van der Waals surface area contributed by atoms with Crippen LogP contribution in [0.25, 0.3) is 10.9 Å². The lowest BCUT2D eigenvalue weighted by Gasteiger charge is -2.13. The predicted octanol–water partition coefficient (Wildman–Crippen LogP) is 5.11. The van der Waals surface area contributed by atoms with E-state index in [2.05, 4.69) is 10.3 Å². The minimum absolute atomic E-state index is 0.191. The quantitative estimate of drug-likeness (QED) is 0.632. The minimum atomic E-state index is -0.191. The van der Waals surface area contributed by atoms with Gasteiger partial charge in [0.15, 0.2) is 11.5 Å². The van der Waals surface area contributed by atoms with Crippen molar-refractivity contribution in [1.29, 1.82) is 0 Å². The summed E-state index contributed by atoms with van der Waals surface area (Å²) in [5, 5.41) is 4.49. The lowest BCUT2D eigenvalue weighted by atomic mass is 9.95. The number of aryl methyl sites for hydroxylation is 2. The molecule has 5 nitrogen and oxygen atoms in total. The van der Waals surface area contributed by atoms with Crippen LogP contribution in [0.4, 0.5) is 5.69 Å². The number of aromatic nitrogens is 1. The number of amides is 1. The van der Waals surface area contributed by atoms with E-state index in [4.69, 9.17) is 21.1 Å². The molecular weight excluding hydrogens is 376 g/mol. The van der Waals surface area contributed by atoms with Gasteiger partial charge < -0.3 is 19.8 Å². The Morgan fingerprint density at radius 1 is 1.00 bits per heavy atom. The van der Waals surface area contributed by atoms with E-state index in [0.717, 1.165) is 30.2 Å². The standard InChI is InChI=1S/C22H21ClN2O3/c23-16-11-20-21(28-9-3-8-27-20)12-19(16)25-22(26)13-6-7-18-15(10-13)14-4-1-2-5-17(14)24-18/h6-7,10-12,24H,1-5,8-9H2,(H,25,26). The number of hydrogen-bond acceptors (Lipinski definition) is 3. The van der Waals surface area contributed by atoms with E-state index < -0.39 is 0 Å². The number of H-pyrrole nitrogens is 1. The summed E-state index contributed by atoms with van der Waals surface area (Å²) in [6.45, 7) is 1.17. The molecule has 0 spiro atoms. The van der Waals surface area contributed by atoms with Crippen molar-refractivity contribution in [3.05, 3.63) is 52.2 Å². The van der Waals surface area contributed by atoms with E-state index in [1.54, 1.807) is 12.1 Å². The lowest BCUT2D eigenvalue weighted by Crippen LogP contribution is -2.12. The maximum Gasteiger partial charge on any atom is 0.255 e. The fraction of sp³-hybridized carbons (Fsp3) is 0.318. The van der Waals surface area contributed by atoms with Crippen LogP contribution < -0.4 is 14.8 Å². The molecule has 1 amide bonds. The first-order chi connectivity index (χ1) is 13.7. The average molecular weight is 397 g/mol. The van der Waals surface area contributed by atoms with Crippen molar-refractivity contribution in [2.24, 2.45) is 0 Å². The highest BCUT2D eigenvalue weighted by atomic mass is 35.5. The summed E-state index contributed by atoms with van der Waals surface area (Å²) in [6, 6.07) is 9.23. The van der Waals surface area contributed by atoms with Crippen LogP contribution in [0, 0.1) is 0 Å². The van der Waals surface area contributed by atoms with Gasteiger partial charge in [0.25, 0.3) is 5.91 Å². The summed E-state index contributed by atoms with van der Waals surface area (Å²) in [5.74, 6) is 1.03. The molecule has 0 unspecified atom stereocenters. The molecule has 1 aliphatic carbocycles. The van der Waals surface area contributed by atoms with Gasteiger partial charge >= 0.3 is 0 Å². The van der Waals surface area contributed by atoms with Gasteiger partial charge in [0.1, 0.15) is 0 Å². The summed E-state index contributed by atoms with van der Waals surface area (Å²) in [4.78, 5) is 16.4. The molecule has 0 bridgehead atoms. The Hall–Kier alpha value is -2.66. The van der Waals surface area contributed by atoms with Crippen LogP contribution in [0.1, 0.15) is 40.9 Å². The first-order valence-electron chi connectivity index (χ1n) is 9.73. The van der Waals surface area contributed by atoms with Crippen molar-refractivity contribution in [1.82, 2.24) is 4.98 Å². The van der Waals surface area contributed by atoms with Gasteiger partial charge in [-0.25, -0.2) is 0 Å². The maximum atomic E-state index is 12.9. The molecule has 2 aromatic carbocycles. The summed E-state index contributed by atoms with van der Waals surface area (Å²) >= 11 is 6.36. The minimum Gasteiger partial charge on any atom is -0.490 e. The van der Waals surface area contributed by atoms with Gasteiger partial charge in [0.2, 0.25) is 0 Å². The second-order valence-corrected chi connectivity index (χ2v) is 7.74. The highest BCUT2D eigenvalue weighted by molar-refractivity contribution is 6.34. The molecule has 2 heterocycles. The molecule has 1 aliphatic heterocycles. The summed E-state index contributed by atoms with van der Waals surface area (Å²) in [6.07, 6.45) is 5.38. The van der Waals surface area contributed by atoms with E-state index in [9.17, 15) is 4.79 Å². The van der Waals surface area contributed by atoms with Crippen molar-refractivity contribution in [2.45, 2.75) is 32.1 Å². The molecule has 28 heavy (non-hydrogen) atoms. The van der Waals surface area contributed by atoms with Crippen molar-refractivity contribution in [3.8, 4) is 11.5 Å². The number of hydrogen-bond donors (Lipinski definition) is 2. The van der Waals surface area contributed by atoms with Crippen molar-refractivity contribution >= 4 is 34.1 Å². The first-order valence-corrected chi connectivity index (χ1v) is 10.1. The molecule has 0 radical (unpaired) electrons. The van der Waals surface area contributed by atoms with Gasteiger partial charge in [-0.05, 0) is 49.4 Å². The third-order valence-corrected chi connectivity index (χ3v) is 5.76. The molecule has 1 aromatic heterocycles. The lowest BCUT2D eigenvalue weighted by molar-refractivity contribution is 0.102. The topological polar surface area (TPSA) is 63.4 Å². The molecule has 5 rings (SSSR count). The van der Waals surface area contributed by atoms with Crippen molar-refractivity contribution < 1.29 is 14.3 Å². The van der Waals surface area contributed by atoms with Gasteiger partial charge in [-0.3, -0.25) is 4.79 Å². The number of nitrogens with one attached hydrogen (secondary N) is 2. The number of anilines is 1. The summed E-state index contributed by atoms with van der Waals surface area (Å²) < 4.78 is 11.3. The smallest absolute Gasteiger partial charge is 0.255 e. The molecule has 0 fully saturated rings. The molecule has 2 aliphatic rings. The summed E-state index contributed by atoms with van der Waals surface area (Å²) in [5.41, 5.74) is 4.89. The largest absolute Gasteiger partial charge is 0.490 e. The molecule has 3 aromatic rings. The maximum absolute atomic E-state index is 12.9. The molecule has 0 atom stereocenters. The Bertz CT molecular complexity index is 1070. The van der Waals surface area contributed by atoms with Crippen LogP contribution in [-0.2, 0) is 12.8 Å². The van der Waals surface area contributed by atoms with Gasteiger partial charge in [-0.1, -0.05) is 11.6 Å². The monoisotopic (exact) mass is 396 g/mol. The zero-order chi connectivity index (χ0) is 19.1. The van der Waals surface area contributed by atoms with E-state index in [-0.39, 0.29) is 5.91 Å².